The quantitative estimate of drug-likeness (QED) is 0.349. The molecule has 0 radical (unpaired) electrons. The molecule has 140 valence electrons. The maximum absolute atomic E-state index is 12.7. The predicted octanol–water partition coefficient (Wildman–Crippen LogP) is 7.97. The number of hydrogen-bond donors (Lipinski definition) is 0. The van der Waals surface area contributed by atoms with E-state index in [-0.39, 0.29) is 32.8 Å². The van der Waals surface area contributed by atoms with E-state index in [2.05, 4.69) is 52.8 Å². The number of benzene rings is 1. The topological polar surface area (TPSA) is 31.4 Å². The maximum Gasteiger partial charge on any atom is 0.417 e. The van der Waals surface area contributed by atoms with Gasteiger partial charge in [0.15, 0.2) is 0 Å². The van der Waals surface area contributed by atoms with Crippen LogP contribution in [0.15, 0.2) is 38.3 Å². The summed E-state index contributed by atoms with van der Waals surface area (Å²) < 4.78 is 49.7. The van der Waals surface area contributed by atoms with Crippen molar-refractivity contribution in [3.63, 3.8) is 0 Å². The van der Waals surface area contributed by atoms with Gasteiger partial charge in [0.05, 0.1) is 23.5 Å². The van der Waals surface area contributed by atoms with Gasteiger partial charge in [0.25, 0.3) is 0 Å². The molecule has 0 N–H and O–H groups in total. The van der Waals surface area contributed by atoms with Gasteiger partial charge in [0.2, 0.25) is 5.88 Å². The highest BCUT2D eigenvalue weighted by molar-refractivity contribution is 9.28. The zero-order chi connectivity index (χ0) is 19.5. The Morgan fingerprint density at radius 2 is 1.73 bits per heavy atom. The van der Waals surface area contributed by atoms with Crippen LogP contribution in [0.3, 0.4) is 0 Å². The summed E-state index contributed by atoms with van der Waals surface area (Å²) in [4.78, 5) is 3.66. The van der Waals surface area contributed by atoms with Gasteiger partial charge in [-0.2, -0.15) is 13.2 Å². The fourth-order valence-electron chi connectivity index (χ4n) is 1.65. The summed E-state index contributed by atoms with van der Waals surface area (Å²) in [5.74, 6) is 0.353. The Morgan fingerprint density at radius 3 is 2.31 bits per heavy atom. The molecule has 26 heavy (non-hydrogen) atoms. The van der Waals surface area contributed by atoms with E-state index in [0.717, 1.165) is 6.07 Å². The van der Waals surface area contributed by atoms with Crippen LogP contribution in [0.4, 0.5) is 13.2 Å². The first-order chi connectivity index (χ1) is 12.1. The Bertz CT molecular complexity index is 844. The van der Waals surface area contributed by atoms with Crippen LogP contribution in [-0.4, -0.2) is 11.6 Å². The summed E-state index contributed by atoms with van der Waals surface area (Å²) in [5.41, 5.74) is -0.907. The number of pyridine rings is 1. The number of halogens is 8. The summed E-state index contributed by atoms with van der Waals surface area (Å²) in [5, 5.41) is 0.367. The van der Waals surface area contributed by atoms with E-state index in [0.29, 0.717) is 15.3 Å². The van der Waals surface area contributed by atoms with Crippen molar-refractivity contribution >= 4 is 71.0 Å². The van der Waals surface area contributed by atoms with Crippen LogP contribution >= 0.6 is 71.0 Å². The molecule has 0 amide bonds. The summed E-state index contributed by atoms with van der Waals surface area (Å²) >= 11 is 21.6. The van der Waals surface area contributed by atoms with E-state index in [1.807, 2.05) is 0 Å². The monoisotopic (exact) mass is 597 g/mol. The van der Waals surface area contributed by atoms with Gasteiger partial charge in [-0.15, -0.1) is 0 Å². The molecular weight excluding hydrogens is 594 g/mol. The fourth-order valence-corrected chi connectivity index (χ4v) is 2.75. The highest BCUT2D eigenvalue weighted by atomic mass is 79.9. The summed E-state index contributed by atoms with van der Waals surface area (Å²) in [6.45, 7) is 0.230. The molecule has 0 atom stereocenters. The average Bonchev–Trinajstić information content (AvgIpc) is 2.52. The SMILES string of the molecule is FC(F)(F)c1cnc(Oc2cc(Cl)c(OCC=C(Br)Br)cc2Cl)c(Br)c1. The highest BCUT2D eigenvalue weighted by Crippen LogP contribution is 2.40. The van der Waals surface area contributed by atoms with Crippen LogP contribution in [0.2, 0.25) is 10.0 Å². The molecular formula is C15H7Br3Cl2F3NO2. The second-order valence-electron chi connectivity index (χ2n) is 4.63. The van der Waals surface area contributed by atoms with Gasteiger partial charge in [-0.25, -0.2) is 4.98 Å². The van der Waals surface area contributed by atoms with Crippen molar-refractivity contribution in [1.82, 2.24) is 4.98 Å². The summed E-state index contributed by atoms with van der Waals surface area (Å²) in [6.07, 6.45) is -2.14. The minimum absolute atomic E-state index is 0.0205. The Labute approximate surface area is 181 Å². The van der Waals surface area contributed by atoms with Crippen molar-refractivity contribution in [2.24, 2.45) is 0 Å². The van der Waals surface area contributed by atoms with Crippen molar-refractivity contribution in [3.05, 3.63) is 53.9 Å². The van der Waals surface area contributed by atoms with Crippen LogP contribution in [0, 0.1) is 0 Å². The van der Waals surface area contributed by atoms with Gasteiger partial charge in [0.1, 0.15) is 18.1 Å². The second-order valence-corrected chi connectivity index (χ2v) is 9.07. The van der Waals surface area contributed by atoms with Crippen molar-refractivity contribution in [2.75, 3.05) is 6.61 Å². The van der Waals surface area contributed by atoms with Gasteiger partial charge in [-0.3, -0.25) is 0 Å². The molecule has 2 aromatic rings. The first kappa shape index (κ1) is 21.8. The highest BCUT2D eigenvalue weighted by Gasteiger charge is 2.31. The Kier molecular flexibility index (Phi) is 7.67. The number of alkyl halides is 3. The first-order valence-corrected chi connectivity index (χ1v) is 9.75. The third kappa shape index (κ3) is 6.02. The molecule has 3 nitrogen and oxygen atoms in total. The molecule has 1 aromatic carbocycles. The Morgan fingerprint density at radius 1 is 1.12 bits per heavy atom. The third-order valence-corrected chi connectivity index (χ3v) is 4.61. The lowest BCUT2D eigenvalue weighted by Crippen LogP contribution is -2.06. The van der Waals surface area contributed by atoms with E-state index >= 15 is 0 Å². The molecule has 0 aliphatic rings. The normalized spacial score (nSPS) is 11.2. The molecule has 0 aliphatic heterocycles. The van der Waals surface area contributed by atoms with Crippen LogP contribution in [0.1, 0.15) is 5.56 Å². The van der Waals surface area contributed by atoms with E-state index < -0.39 is 11.7 Å². The van der Waals surface area contributed by atoms with Crippen LogP contribution in [0.5, 0.6) is 17.4 Å². The lowest BCUT2D eigenvalue weighted by atomic mass is 10.3. The van der Waals surface area contributed by atoms with Crippen LogP contribution < -0.4 is 9.47 Å². The summed E-state index contributed by atoms with van der Waals surface area (Å²) in [6, 6.07) is 3.69. The van der Waals surface area contributed by atoms with Crippen molar-refractivity contribution < 1.29 is 22.6 Å². The van der Waals surface area contributed by atoms with Gasteiger partial charge < -0.3 is 9.47 Å². The van der Waals surface area contributed by atoms with E-state index in [4.69, 9.17) is 32.7 Å². The lowest BCUT2D eigenvalue weighted by Gasteiger charge is -2.13. The fraction of sp³-hybridized carbons (Fsp3) is 0.133. The maximum atomic E-state index is 12.7. The smallest absolute Gasteiger partial charge is 0.417 e. The standard InChI is InChI=1S/C15H7Br3Cl2F3NO2/c16-8-3-7(15(21,22)23)6-24-14(8)26-12-5-9(19)11(4-10(12)20)25-2-1-13(17)18/h1,3-6H,2H2. The van der Waals surface area contributed by atoms with E-state index in [1.165, 1.54) is 12.1 Å². The number of nitrogens with zero attached hydrogens (tertiary/aromatic N) is 1. The predicted molar refractivity (Wildman–Crippen MR) is 105 cm³/mol. The molecule has 2 rings (SSSR count). The molecule has 0 aliphatic carbocycles. The lowest BCUT2D eigenvalue weighted by molar-refractivity contribution is -0.137. The van der Waals surface area contributed by atoms with Crippen molar-refractivity contribution in [1.29, 1.82) is 0 Å². The molecule has 0 fully saturated rings. The largest absolute Gasteiger partial charge is 0.488 e. The summed E-state index contributed by atoms with van der Waals surface area (Å²) in [7, 11) is 0. The number of hydrogen-bond acceptors (Lipinski definition) is 3. The molecule has 0 unspecified atom stereocenters. The molecule has 1 heterocycles. The Hall–Kier alpha value is -0.480. The number of rotatable bonds is 5. The van der Waals surface area contributed by atoms with Gasteiger partial charge >= 0.3 is 6.18 Å². The van der Waals surface area contributed by atoms with Crippen LogP contribution in [0.25, 0.3) is 0 Å². The molecule has 1 aromatic heterocycles. The first-order valence-electron chi connectivity index (χ1n) is 6.61. The number of aromatic nitrogens is 1. The average molecular weight is 601 g/mol. The molecule has 0 spiro atoms. The van der Waals surface area contributed by atoms with Crippen molar-refractivity contribution in [2.45, 2.75) is 6.18 Å². The minimum Gasteiger partial charge on any atom is -0.488 e. The van der Waals surface area contributed by atoms with E-state index in [9.17, 15) is 13.2 Å². The zero-order valence-corrected chi connectivity index (χ0v) is 18.7. The van der Waals surface area contributed by atoms with Crippen LogP contribution in [-0.2, 0) is 6.18 Å². The molecule has 11 heteroatoms. The van der Waals surface area contributed by atoms with E-state index in [1.54, 1.807) is 6.08 Å². The molecule has 0 saturated heterocycles. The van der Waals surface area contributed by atoms with Crippen molar-refractivity contribution in [3.8, 4) is 17.4 Å². The molecule has 0 bridgehead atoms. The third-order valence-electron chi connectivity index (χ3n) is 2.80. The Balaban J connectivity index is 2.22. The van der Waals surface area contributed by atoms with Gasteiger partial charge in [-0.1, -0.05) is 23.2 Å². The van der Waals surface area contributed by atoms with Gasteiger partial charge in [0, 0.05) is 18.3 Å². The zero-order valence-electron chi connectivity index (χ0n) is 12.4. The minimum atomic E-state index is -4.51. The number of ether oxygens (including phenoxy) is 2. The second kappa shape index (κ2) is 9.14. The molecule has 0 saturated carbocycles. The van der Waals surface area contributed by atoms with Gasteiger partial charge in [-0.05, 0) is 59.9 Å².